The number of hydrogen-bond donors (Lipinski definition) is 1. The molecule has 0 radical (unpaired) electrons. The van der Waals surface area contributed by atoms with E-state index in [-0.39, 0.29) is 17.7 Å². The van der Waals surface area contributed by atoms with Crippen LogP contribution in [0, 0.1) is 11.8 Å². The predicted molar refractivity (Wildman–Crippen MR) is 66.3 cm³/mol. The Bertz CT molecular complexity index is 342. The second-order valence-electron chi connectivity index (χ2n) is 4.13. The SMILES string of the molecule is CCC.CN1C=CC2C=C(N)C=CC2C1=O. The minimum absolute atomic E-state index is 0.0534. The minimum Gasteiger partial charge on any atom is -0.399 e. The molecule has 0 saturated heterocycles. The van der Waals surface area contributed by atoms with Gasteiger partial charge in [-0.1, -0.05) is 38.5 Å². The lowest BCUT2D eigenvalue weighted by atomic mass is 9.84. The summed E-state index contributed by atoms with van der Waals surface area (Å²) in [6.45, 7) is 4.25. The van der Waals surface area contributed by atoms with Gasteiger partial charge in [0.05, 0.1) is 5.92 Å². The average Bonchev–Trinajstić information content (AvgIpc) is 2.25. The van der Waals surface area contributed by atoms with Gasteiger partial charge in [-0.05, 0) is 6.08 Å². The highest BCUT2D eigenvalue weighted by molar-refractivity contribution is 5.83. The minimum atomic E-state index is -0.0534. The maximum atomic E-state index is 11.6. The fourth-order valence-electron chi connectivity index (χ4n) is 1.68. The molecule has 0 aromatic heterocycles. The van der Waals surface area contributed by atoms with E-state index in [0.717, 1.165) is 5.70 Å². The Labute approximate surface area is 97.3 Å². The molecule has 2 N–H and O–H groups in total. The van der Waals surface area contributed by atoms with Crippen molar-refractivity contribution in [2.45, 2.75) is 20.3 Å². The van der Waals surface area contributed by atoms with Gasteiger partial charge in [0, 0.05) is 24.9 Å². The molecule has 2 atom stereocenters. The molecule has 0 bridgehead atoms. The van der Waals surface area contributed by atoms with Gasteiger partial charge in [-0.3, -0.25) is 4.79 Å². The molecule has 0 fully saturated rings. The first-order valence-corrected chi connectivity index (χ1v) is 5.70. The molecule has 88 valence electrons. The standard InChI is InChI=1S/C10H12N2O.C3H8/c1-12-5-4-7-6-8(11)2-3-9(7)10(12)13;1-3-2/h2-7,9H,11H2,1H3;3H2,1-2H3. The Kier molecular flexibility index (Phi) is 4.35. The number of carbonyl (C=O) groups is 1. The van der Waals surface area contributed by atoms with Crippen LogP contribution in [0.2, 0.25) is 0 Å². The highest BCUT2D eigenvalue weighted by atomic mass is 16.2. The largest absolute Gasteiger partial charge is 0.399 e. The van der Waals surface area contributed by atoms with Crippen LogP contribution in [0.3, 0.4) is 0 Å². The lowest BCUT2D eigenvalue weighted by Crippen LogP contribution is -2.36. The molecule has 2 unspecified atom stereocenters. The van der Waals surface area contributed by atoms with Crippen LogP contribution in [0.1, 0.15) is 20.3 Å². The van der Waals surface area contributed by atoms with Crippen molar-refractivity contribution in [3.05, 3.63) is 36.2 Å². The molecule has 0 spiro atoms. The summed E-state index contributed by atoms with van der Waals surface area (Å²) in [5, 5.41) is 0. The average molecular weight is 220 g/mol. The smallest absolute Gasteiger partial charge is 0.234 e. The fraction of sp³-hybridized carbons (Fsp3) is 0.462. The number of carbonyl (C=O) groups excluding carboxylic acids is 1. The van der Waals surface area contributed by atoms with Crippen molar-refractivity contribution in [3.8, 4) is 0 Å². The van der Waals surface area contributed by atoms with Crippen LogP contribution in [0.15, 0.2) is 36.2 Å². The van der Waals surface area contributed by atoms with E-state index in [2.05, 4.69) is 13.8 Å². The zero-order chi connectivity index (χ0) is 12.1. The van der Waals surface area contributed by atoms with Crippen molar-refractivity contribution in [1.82, 2.24) is 4.90 Å². The van der Waals surface area contributed by atoms with Gasteiger partial charge < -0.3 is 10.6 Å². The number of rotatable bonds is 0. The Morgan fingerprint density at radius 1 is 1.38 bits per heavy atom. The van der Waals surface area contributed by atoms with Crippen LogP contribution in [0.4, 0.5) is 0 Å². The van der Waals surface area contributed by atoms with Crippen molar-refractivity contribution in [1.29, 1.82) is 0 Å². The molecule has 0 aromatic rings. The molecule has 3 heteroatoms. The second-order valence-corrected chi connectivity index (χ2v) is 4.13. The Morgan fingerprint density at radius 3 is 2.62 bits per heavy atom. The molecule has 1 amide bonds. The molecule has 0 aromatic carbocycles. The molecule has 2 rings (SSSR count). The highest BCUT2D eigenvalue weighted by Crippen LogP contribution is 2.27. The third kappa shape index (κ3) is 2.75. The molecule has 16 heavy (non-hydrogen) atoms. The molecule has 0 saturated carbocycles. The summed E-state index contributed by atoms with van der Waals surface area (Å²) in [6.07, 6.45) is 10.6. The maximum absolute atomic E-state index is 11.6. The first-order valence-electron chi connectivity index (χ1n) is 5.70. The van der Waals surface area contributed by atoms with E-state index >= 15 is 0 Å². The van der Waals surface area contributed by atoms with Crippen LogP contribution in [-0.2, 0) is 4.79 Å². The quantitative estimate of drug-likeness (QED) is 0.679. The molecule has 3 nitrogen and oxygen atoms in total. The maximum Gasteiger partial charge on any atom is 0.234 e. The predicted octanol–water partition coefficient (Wildman–Crippen LogP) is 2.03. The first kappa shape index (κ1) is 12.6. The summed E-state index contributed by atoms with van der Waals surface area (Å²) in [6, 6.07) is 0. The summed E-state index contributed by atoms with van der Waals surface area (Å²) in [5.74, 6) is 0.225. The summed E-state index contributed by atoms with van der Waals surface area (Å²) in [5.41, 5.74) is 6.38. The lowest BCUT2D eigenvalue weighted by Gasteiger charge is -2.29. The zero-order valence-electron chi connectivity index (χ0n) is 10.2. The second kappa shape index (κ2) is 5.54. The van der Waals surface area contributed by atoms with Gasteiger partial charge >= 0.3 is 0 Å². The van der Waals surface area contributed by atoms with Gasteiger partial charge in [0.25, 0.3) is 0 Å². The number of hydrogen-bond acceptors (Lipinski definition) is 2. The van der Waals surface area contributed by atoms with Crippen LogP contribution in [0.25, 0.3) is 0 Å². The van der Waals surface area contributed by atoms with Crippen LogP contribution in [0.5, 0.6) is 0 Å². The van der Waals surface area contributed by atoms with Crippen molar-refractivity contribution in [2.75, 3.05) is 7.05 Å². The zero-order valence-corrected chi connectivity index (χ0v) is 10.2. The Hall–Kier alpha value is -1.51. The van der Waals surface area contributed by atoms with Crippen molar-refractivity contribution < 1.29 is 4.79 Å². The highest BCUT2D eigenvalue weighted by Gasteiger charge is 2.30. The first-order chi connectivity index (χ1) is 7.60. The van der Waals surface area contributed by atoms with Crippen molar-refractivity contribution in [3.63, 3.8) is 0 Å². The molecular formula is C13H20N2O. The number of nitrogens with zero attached hydrogens (tertiary/aromatic N) is 1. The molecule has 1 aliphatic heterocycles. The van der Waals surface area contributed by atoms with Gasteiger partial charge in [-0.2, -0.15) is 0 Å². The Morgan fingerprint density at radius 2 is 2.00 bits per heavy atom. The summed E-state index contributed by atoms with van der Waals surface area (Å²) in [4.78, 5) is 13.2. The summed E-state index contributed by atoms with van der Waals surface area (Å²) < 4.78 is 0. The topological polar surface area (TPSA) is 46.3 Å². The van der Waals surface area contributed by atoms with E-state index in [1.807, 2.05) is 18.2 Å². The third-order valence-corrected chi connectivity index (χ3v) is 2.46. The summed E-state index contributed by atoms with van der Waals surface area (Å²) >= 11 is 0. The van der Waals surface area contributed by atoms with E-state index in [0.29, 0.717) is 0 Å². The number of amides is 1. The van der Waals surface area contributed by atoms with Crippen LogP contribution >= 0.6 is 0 Å². The third-order valence-electron chi connectivity index (χ3n) is 2.46. The van der Waals surface area contributed by atoms with E-state index in [9.17, 15) is 4.79 Å². The lowest BCUT2D eigenvalue weighted by molar-refractivity contribution is -0.131. The molecule has 1 heterocycles. The fourth-order valence-corrected chi connectivity index (χ4v) is 1.68. The number of allylic oxidation sites excluding steroid dienone is 3. The van der Waals surface area contributed by atoms with Crippen molar-refractivity contribution >= 4 is 5.91 Å². The molecule has 1 aliphatic carbocycles. The van der Waals surface area contributed by atoms with Gasteiger partial charge in [-0.25, -0.2) is 0 Å². The van der Waals surface area contributed by atoms with Gasteiger partial charge in [0.15, 0.2) is 0 Å². The molecule has 2 aliphatic rings. The number of nitrogens with two attached hydrogens (primary N) is 1. The van der Waals surface area contributed by atoms with Gasteiger partial charge in [0.2, 0.25) is 5.91 Å². The van der Waals surface area contributed by atoms with Gasteiger partial charge in [-0.15, -0.1) is 0 Å². The van der Waals surface area contributed by atoms with Crippen LogP contribution in [-0.4, -0.2) is 17.9 Å². The van der Waals surface area contributed by atoms with Crippen LogP contribution < -0.4 is 5.73 Å². The summed E-state index contributed by atoms with van der Waals surface area (Å²) in [7, 11) is 1.77. The molecular weight excluding hydrogens is 200 g/mol. The van der Waals surface area contributed by atoms with Gasteiger partial charge in [0.1, 0.15) is 0 Å². The van der Waals surface area contributed by atoms with E-state index in [1.165, 1.54) is 6.42 Å². The van der Waals surface area contributed by atoms with E-state index < -0.39 is 0 Å². The Balaban J connectivity index is 0.000000386. The van der Waals surface area contributed by atoms with E-state index in [1.54, 1.807) is 24.2 Å². The van der Waals surface area contributed by atoms with E-state index in [4.69, 9.17) is 5.73 Å². The number of fused-ring (bicyclic) bond motifs is 1. The monoisotopic (exact) mass is 220 g/mol. The van der Waals surface area contributed by atoms with Crippen molar-refractivity contribution in [2.24, 2.45) is 17.6 Å². The normalized spacial score (nSPS) is 26.8.